The monoisotopic (exact) mass is 404 g/mol. The average Bonchev–Trinajstić information content (AvgIpc) is 2.70. The molecule has 29 heavy (non-hydrogen) atoms. The van der Waals surface area contributed by atoms with Crippen LogP contribution in [0.25, 0.3) is 10.9 Å². The minimum atomic E-state index is -2.71. The number of hydrogen-bond acceptors (Lipinski definition) is 5. The molecule has 0 saturated carbocycles. The predicted octanol–water partition coefficient (Wildman–Crippen LogP) is 4.21. The van der Waals surface area contributed by atoms with Crippen LogP contribution in [-0.4, -0.2) is 48.0 Å². The highest BCUT2D eigenvalue weighted by atomic mass is 19.3. The predicted molar refractivity (Wildman–Crippen MR) is 105 cm³/mol. The second-order valence-electron chi connectivity index (χ2n) is 8.22. The van der Waals surface area contributed by atoms with Gasteiger partial charge >= 0.3 is 5.97 Å². The van der Waals surface area contributed by atoms with Crippen LogP contribution in [0.3, 0.4) is 0 Å². The Morgan fingerprint density at radius 1 is 1.34 bits per heavy atom. The molecule has 0 aliphatic carbocycles. The third kappa shape index (κ3) is 3.80. The van der Waals surface area contributed by atoms with Crippen molar-refractivity contribution in [3.63, 3.8) is 0 Å². The molecule has 7 heteroatoms. The fraction of sp³-hybridized carbons (Fsp3) is 0.545. The molecule has 1 unspecified atom stereocenters. The van der Waals surface area contributed by atoms with E-state index in [9.17, 15) is 13.6 Å². The molecule has 3 aliphatic heterocycles. The van der Waals surface area contributed by atoms with Gasteiger partial charge in [0.2, 0.25) is 5.92 Å². The van der Waals surface area contributed by atoms with Crippen LogP contribution in [0.2, 0.25) is 0 Å². The molecule has 0 amide bonds. The fourth-order valence-corrected chi connectivity index (χ4v) is 5.01. The number of ether oxygens (including phenoxy) is 2. The number of methoxy groups -OCH3 is 1. The molecule has 3 fully saturated rings. The Morgan fingerprint density at radius 2 is 2.14 bits per heavy atom. The maximum Gasteiger partial charge on any atom is 0.303 e. The Hall–Kier alpha value is -2.28. The first-order valence-electron chi connectivity index (χ1n) is 9.99. The molecule has 0 spiro atoms. The van der Waals surface area contributed by atoms with Crippen LogP contribution in [0.15, 0.2) is 30.5 Å². The van der Waals surface area contributed by atoms with Crippen LogP contribution in [-0.2, 0) is 9.53 Å². The number of carbonyl (C=O) groups excluding carboxylic acids is 1. The molecule has 2 aromatic rings. The van der Waals surface area contributed by atoms with Crippen molar-refractivity contribution in [1.29, 1.82) is 0 Å². The van der Waals surface area contributed by atoms with Crippen LogP contribution in [0.4, 0.5) is 8.78 Å². The van der Waals surface area contributed by atoms with Gasteiger partial charge in [-0.3, -0.25) is 14.7 Å². The van der Waals surface area contributed by atoms with E-state index in [0.29, 0.717) is 18.7 Å². The standard InChI is InChI=1S/C22H26F2N2O3/c1-13(27)29-21(16-6-8-25-19-5-4-15(28-3)11-17(16)19)20-10-14-7-9-26(20)12-18(14)22(2,23)24/h4-6,8,11,14,18,20-21H,7,9-10,12H2,1-3H3/t14-,18+,20+,21-/m0/s1. The second kappa shape index (κ2) is 7.52. The van der Waals surface area contributed by atoms with Crippen LogP contribution in [0, 0.1) is 11.8 Å². The number of esters is 1. The van der Waals surface area contributed by atoms with Gasteiger partial charge in [-0.25, -0.2) is 8.78 Å². The van der Waals surface area contributed by atoms with Crippen molar-refractivity contribution in [2.24, 2.45) is 11.8 Å². The molecule has 156 valence electrons. The summed E-state index contributed by atoms with van der Waals surface area (Å²) in [6, 6.07) is 7.30. The number of halogens is 2. The third-order valence-corrected chi connectivity index (χ3v) is 6.38. The normalized spacial score (nSPS) is 27.6. The lowest BCUT2D eigenvalue weighted by Crippen LogP contribution is -2.59. The van der Waals surface area contributed by atoms with E-state index < -0.39 is 17.9 Å². The van der Waals surface area contributed by atoms with Crippen molar-refractivity contribution in [3.8, 4) is 5.75 Å². The highest BCUT2D eigenvalue weighted by molar-refractivity contribution is 5.84. The van der Waals surface area contributed by atoms with E-state index in [4.69, 9.17) is 9.47 Å². The molecule has 1 aromatic heterocycles. The van der Waals surface area contributed by atoms with E-state index >= 15 is 0 Å². The number of piperidine rings is 3. The lowest BCUT2D eigenvalue weighted by Gasteiger charge is -2.52. The van der Waals surface area contributed by atoms with Gasteiger partial charge in [-0.05, 0) is 56.5 Å². The van der Waals surface area contributed by atoms with Gasteiger partial charge in [0.15, 0.2) is 0 Å². The van der Waals surface area contributed by atoms with E-state index in [2.05, 4.69) is 9.88 Å². The van der Waals surface area contributed by atoms with Gasteiger partial charge in [0.05, 0.1) is 18.7 Å². The van der Waals surface area contributed by atoms with Crippen molar-refractivity contribution in [3.05, 3.63) is 36.0 Å². The molecule has 0 radical (unpaired) electrons. The van der Waals surface area contributed by atoms with Gasteiger partial charge in [0.1, 0.15) is 11.9 Å². The molecule has 5 atom stereocenters. The summed E-state index contributed by atoms with van der Waals surface area (Å²) in [6.45, 7) is 3.46. The summed E-state index contributed by atoms with van der Waals surface area (Å²) in [6.07, 6.45) is 2.49. The largest absolute Gasteiger partial charge is 0.497 e. The average molecular weight is 404 g/mol. The van der Waals surface area contributed by atoms with Gasteiger partial charge in [0, 0.05) is 36.5 Å². The topological polar surface area (TPSA) is 51.7 Å². The van der Waals surface area contributed by atoms with Gasteiger partial charge in [-0.15, -0.1) is 0 Å². The number of alkyl halides is 2. The fourth-order valence-electron chi connectivity index (χ4n) is 5.01. The quantitative estimate of drug-likeness (QED) is 0.699. The first kappa shape index (κ1) is 20.0. The smallest absolute Gasteiger partial charge is 0.303 e. The van der Waals surface area contributed by atoms with Crippen molar-refractivity contribution >= 4 is 16.9 Å². The SMILES string of the molecule is COc1ccc2nccc([C@H](OC(C)=O)[C@H]3C[C@@H]4CCN3C[C@H]4C(C)(F)F)c2c1. The summed E-state index contributed by atoms with van der Waals surface area (Å²) in [5.41, 5.74) is 1.61. The summed E-state index contributed by atoms with van der Waals surface area (Å²) in [4.78, 5) is 18.4. The van der Waals surface area contributed by atoms with Crippen molar-refractivity contribution in [1.82, 2.24) is 9.88 Å². The van der Waals surface area contributed by atoms with Gasteiger partial charge in [0.25, 0.3) is 0 Å². The Bertz CT molecular complexity index is 915. The van der Waals surface area contributed by atoms with Crippen LogP contribution in [0.1, 0.15) is 38.4 Å². The zero-order chi connectivity index (χ0) is 20.8. The zero-order valence-corrected chi connectivity index (χ0v) is 16.9. The second-order valence-corrected chi connectivity index (χ2v) is 8.22. The van der Waals surface area contributed by atoms with Crippen molar-refractivity contribution in [2.45, 2.75) is 44.8 Å². The number of carbonyl (C=O) groups is 1. The van der Waals surface area contributed by atoms with Crippen LogP contribution >= 0.6 is 0 Å². The number of nitrogens with zero attached hydrogens (tertiary/aromatic N) is 2. The molecule has 2 bridgehead atoms. The van der Waals surface area contributed by atoms with Crippen molar-refractivity contribution in [2.75, 3.05) is 20.2 Å². The molecular weight excluding hydrogens is 378 g/mol. The Labute approximate surface area is 169 Å². The number of benzene rings is 1. The van der Waals surface area contributed by atoms with Gasteiger partial charge < -0.3 is 9.47 Å². The maximum absolute atomic E-state index is 14.1. The molecule has 3 saturated heterocycles. The molecule has 0 N–H and O–H groups in total. The van der Waals surface area contributed by atoms with E-state index in [-0.39, 0.29) is 17.9 Å². The highest BCUT2D eigenvalue weighted by Gasteiger charge is 2.51. The number of rotatable bonds is 5. The summed E-state index contributed by atoms with van der Waals surface area (Å²) in [5.74, 6) is -3.14. The number of aromatic nitrogens is 1. The van der Waals surface area contributed by atoms with E-state index in [1.54, 1.807) is 13.3 Å². The van der Waals surface area contributed by atoms with E-state index in [1.807, 2.05) is 24.3 Å². The summed E-state index contributed by atoms with van der Waals surface area (Å²) in [5, 5.41) is 0.845. The summed E-state index contributed by atoms with van der Waals surface area (Å²) >= 11 is 0. The van der Waals surface area contributed by atoms with E-state index in [1.165, 1.54) is 6.92 Å². The zero-order valence-electron chi connectivity index (χ0n) is 16.9. The number of fused-ring (bicyclic) bond motifs is 4. The number of hydrogen-bond donors (Lipinski definition) is 0. The molecular formula is C22H26F2N2O3. The summed E-state index contributed by atoms with van der Waals surface area (Å²) < 4.78 is 39.3. The van der Waals surface area contributed by atoms with Gasteiger partial charge in [-0.2, -0.15) is 0 Å². The third-order valence-electron chi connectivity index (χ3n) is 6.38. The molecule has 3 aliphatic rings. The van der Waals surface area contributed by atoms with Gasteiger partial charge in [-0.1, -0.05) is 0 Å². The summed E-state index contributed by atoms with van der Waals surface area (Å²) in [7, 11) is 1.59. The Morgan fingerprint density at radius 3 is 2.76 bits per heavy atom. The maximum atomic E-state index is 14.1. The van der Waals surface area contributed by atoms with Crippen LogP contribution in [0.5, 0.6) is 5.75 Å². The lowest BCUT2D eigenvalue weighted by atomic mass is 9.71. The highest BCUT2D eigenvalue weighted by Crippen LogP contribution is 2.47. The molecule has 1 aromatic carbocycles. The molecule has 5 nitrogen and oxygen atoms in total. The Kier molecular flexibility index (Phi) is 5.19. The van der Waals surface area contributed by atoms with Crippen LogP contribution < -0.4 is 4.74 Å². The first-order valence-corrected chi connectivity index (χ1v) is 9.99. The Balaban J connectivity index is 1.74. The first-order chi connectivity index (χ1) is 13.8. The minimum Gasteiger partial charge on any atom is -0.497 e. The molecule has 5 rings (SSSR count). The van der Waals surface area contributed by atoms with Crippen molar-refractivity contribution < 1.29 is 23.0 Å². The molecule has 4 heterocycles. The van der Waals surface area contributed by atoms with E-state index in [0.717, 1.165) is 36.4 Å². The lowest BCUT2D eigenvalue weighted by molar-refractivity contribution is -0.166. The number of pyridine rings is 1. The minimum absolute atomic E-state index is 0.0781.